The second-order valence-corrected chi connectivity index (χ2v) is 16.2. The van der Waals surface area contributed by atoms with Gasteiger partial charge in [-0.15, -0.1) is 0 Å². The molecule has 0 heterocycles. The molecule has 0 spiro atoms. The molecule has 9 atom stereocenters. The van der Waals surface area contributed by atoms with E-state index in [0.717, 1.165) is 60.5 Å². The lowest BCUT2D eigenvalue weighted by Gasteiger charge is -2.58. The minimum atomic E-state index is -0.357. The van der Waals surface area contributed by atoms with Crippen LogP contribution in [-0.2, 0) is 4.79 Å². The number of carbonyl (C=O) groups excluding carboxylic acids is 1. The zero-order chi connectivity index (χ0) is 28.5. The third-order valence-electron chi connectivity index (χ3n) is 12.2. The quantitative estimate of drug-likeness (QED) is 0.264. The molecule has 0 N–H and O–H groups in total. The molecule has 0 aromatic heterocycles. The summed E-state index contributed by atoms with van der Waals surface area (Å²) in [4.78, 5) is 13.3. The molecule has 3 heteroatoms. The first-order valence-electron chi connectivity index (χ1n) is 16.8. The summed E-state index contributed by atoms with van der Waals surface area (Å²) in [5.41, 5.74) is 2.58. The van der Waals surface area contributed by atoms with Crippen LogP contribution in [0.3, 0.4) is 0 Å². The molecule has 40 heavy (non-hydrogen) atoms. The predicted molar refractivity (Wildman–Crippen MR) is 171 cm³/mol. The number of para-hydroxylation sites is 1. The number of ether oxygens (including phenoxy) is 1. The van der Waals surface area contributed by atoms with Crippen molar-refractivity contribution in [3.05, 3.63) is 42.0 Å². The number of carbonyl (C=O) groups is 1. The SMILES string of the molecule is CC[C@@H](Oc1ccccc1)C(=O)S[C@H]1CC[C@@]2(C)C(=CC[C@@H]3[C@H]4CC[C@@H]([C@@H](C)CCCC(C)C)[C@@]4(C)CC[C@H]32)C1. The topological polar surface area (TPSA) is 26.3 Å². The number of fused-ring (bicyclic) bond motifs is 5. The van der Waals surface area contributed by atoms with Gasteiger partial charge in [-0.1, -0.05) is 102 Å². The van der Waals surface area contributed by atoms with Crippen LogP contribution in [0, 0.1) is 46.3 Å². The van der Waals surface area contributed by atoms with E-state index in [4.69, 9.17) is 4.74 Å². The highest BCUT2D eigenvalue weighted by Gasteiger charge is 2.59. The second-order valence-electron chi connectivity index (χ2n) is 14.9. The normalized spacial score (nSPS) is 36.7. The fourth-order valence-corrected chi connectivity index (χ4v) is 11.1. The first-order valence-corrected chi connectivity index (χ1v) is 17.6. The van der Waals surface area contributed by atoms with Gasteiger partial charge in [0.25, 0.3) is 0 Å². The van der Waals surface area contributed by atoms with Gasteiger partial charge >= 0.3 is 0 Å². The number of hydrogen-bond donors (Lipinski definition) is 0. The van der Waals surface area contributed by atoms with Crippen molar-refractivity contribution in [2.75, 3.05) is 0 Å². The fraction of sp³-hybridized carbons (Fsp3) is 0.757. The third-order valence-corrected chi connectivity index (χ3v) is 13.4. The van der Waals surface area contributed by atoms with Gasteiger partial charge in [0.05, 0.1) is 0 Å². The van der Waals surface area contributed by atoms with Gasteiger partial charge in [0.2, 0.25) is 5.12 Å². The number of allylic oxidation sites excluding steroid dienone is 2. The Balaban J connectivity index is 1.22. The van der Waals surface area contributed by atoms with Crippen molar-refractivity contribution in [1.82, 2.24) is 0 Å². The Bertz CT molecular complexity index is 1030. The van der Waals surface area contributed by atoms with Gasteiger partial charge in [0.1, 0.15) is 5.75 Å². The Hall–Kier alpha value is -1.22. The molecule has 0 radical (unpaired) electrons. The smallest absolute Gasteiger partial charge is 0.229 e. The summed E-state index contributed by atoms with van der Waals surface area (Å²) in [5.74, 6) is 6.05. The van der Waals surface area contributed by atoms with Crippen molar-refractivity contribution in [1.29, 1.82) is 0 Å². The van der Waals surface area contributed by atoms with Crippen molar-refractivity contribution in [3.8, 4) is 5.75 Å². The zero-order valence-corrected chi connectivity index (χ0v) is 27.1. The van der Waals surface area contributed by atoms with Crippen LogP contribution in [0.4, 0.5) is 0 Å². The molecule has 2 nitrogen and oxygen atoms in total. The first kappa shape index (κ1) is 30.2. The Morgan fingerprint density at radius 1 is 1.00 bits per heavy atom. The molecule has 4 aliphatic rings. The summed E-state index contributed by atoms with van der Waals surface area (Å²) in [6, 6.07) is 9.83. The van der Waals surface area contributed by atoms with E-state index in [0.29, 0.717) is 16.1 Å². The minimum Gasteiger partial charge on any atom is -0.482 e. The maximum absolute atomic E-state index is 13.3. The van der Waals surface area contributed by atoms with Crippen molar-refractivity contribution >= 4 is 16.9 Å². The molecule has 3 fully saturated rings. The maximum atomic E-state index is 13.3. The molecular weight excluding hydrogens is 508 g/mol. The molecule has 1 aromatic rings. The molecule has 3 saturated carbocycles. The van der Waals surface area contributed by atoms with Crippen molar-refractivity contribution in [2.45, 2.75) is 130 Å². The highest BCUT2D eigenvalue weighted by molar-refractivity contribution is 8.14. The van der Waals surface area contributed by atoms with E-state index in [2.05, 4.69) is 47.6 Å². The lowest BCUT2D eigenvalue weighted by molar-refractivity contribution is -0.117. The molecule has 5 rings (SSSR count). The summed E-state index contributed by atoms with van der Waals surface area (Å²) in [7, 11) is 0. The summed E-state index contributed by atoms with van der Waals surface area (Å²) < 4.78 is 6.09. The molecule has 4 aliphatic carbocycles. The van der Waals surface area contributed by atoms with Crippen LogP contribution in [0.5, 0.6) is 5.75 Å². The van der Waals surface area contributed by atoms with E-state index in [1.165, 1.54) is 57.8 Å². The van der Waals surface area contributed by atoms with Crippen LogP contribution >= 0.6 is 11.8 Å². The fourth-order valence-electron chi connectivity index (χ4n) is 9.95. The molecule has 0 amide bonds. The lowest BCUT2D eigenvalue weighted by atomic mass is 9.47. The predicted octanol–water partition coefficient (Wildman–Crippen LogP) is 10.5. The van der Waals surface area contributed by atoms with Crippen LogP contribution in [0.2, 0.25) is 0 Å². The zero-order valence-electron chi connectivity index (χ0n) is 26.3. The summed E-state index contributed by atoms with van der Waals surface area (Å²) in [6.07, 6.45) is 17.8. The van der Waals surface area contributed by atoms with E-state index in [1.807, 2.05) is 30.3 Å². The van der Waals surface area contributed by atoms with E-state index >= 15 is 0 Å². The molecule has 0 aliphatic heterocycles. The number of thioether (sulfide) groups is 1. The van der Waals surface area contributed by atoms with Gasteiger partial charge in [-0.05, 0) is 116 Å². The van der Waals surface area contributed by atoms with E-state index in [9.17, 15) is 4.79 Å². The summed E-state index contributed by atoms with van der Waals surface area (Å²) >= 11 is 1.58. The average Bonchev–Trinajstić information content (AvgIpc) is 3.29. The van der Waals surface area contributed by atoms with E-state index in [-0.39, 0.29) is 11.2 Å². The van der Waals surface area contributed by atoms with Crippen LogP contribution < -0.4 is 4.74 Å². The highest BCUT2D eigenvalue weighted by Crippen LogP contribution is 2.67. The molecule has 0 bridgehead atoms. The Labute approximate surface area is 249 Å². The molecule has 0 unspecified atom stereocenters. The Morgan fingerprint density at radius 2 is 1.77 bits per heavy atom. The largest absolute Gasteiger partial charge is 0.482 e. The van der Waals surface area contributed by atoms with Gasteiger partial charge in [-0.2, -0.15) is 0 Å². The average molecular weight is 565 g/mol. The van der Waals surface area contributed by atoms with Crippen LogP contribution in [-0.4, -0.2) is 16.5 Å². The maximum Gasteiger partial charge on any atom is 0.229 e. The molecular formula is C37H56O2S. The summed E-state index contributed by atoms with van der Waals surface area (Å²) in [5, 5.41) is 0.607. The lowest BCUT2D eigenvalue weighted by Crippen LogP contribution is -2.50. The standard InChI is InChI=1S/C37H56O2S/c1-7-34(39-28-14-9-8-10-15-28)35(38)40-29-20-22-36(5)27(24-29)16-17-30-32-19-18-31(26(4)13-11-12-25(2)3)37(32,6)23-21-33(30)36/h8-10,14-16,25-26,29-34H,7,11-13,17-24H2,1-6H3/t26-,29-,30+,31-,32+,33+,34+,36-,37+/m0/s1. The van der Waals surface area contributed by atoms with Crippen molar-refractivity contribution < 1.29 is 9.53 Å². The van der Waals surface area contributed by atoms with Crippen LogP contribution in [0.25, 0.3) is 0 Å². The minimum absolute atomic E-state index is 0.210. The summed E-state index contributed by atoms with van der Waals surface area (Å²) in [6.45, 7) is 14.7. The van der Waals surface area contributed by atoms with E-state index < -0.39 is 0 Å². The van der Waals surface area contributed by atoms with E-state index in [1.54, 1.807) is 17.3 Å². The van der Waals surface area contributed by atoms with Crippen molar-refractivity contribution in [2.24, 2.45) is 46.3 Å². The first-order chi connectivity index (χ1) is 19.2. The number of hydrogen-bond acceptors (Lipinski definition) is 3. The van der Waals surface area contributed by atoms with Crippen LogP contribution in [0.15, 0.2) is 42.0 Å². The second kappa shape index (κ2) is 12.6. The monoisotopic (exact) mass is 564 g/mol. The Morgan fingerprint density at radius 3 is 2.50 bits per heavy atom. The number of rotatable bonds is 10. The molecule has 1 aromatic carbocycles. The Kier molecular flexibility index (Phi) is 9.50. The van der Waals surface area contributed by atoms with Gasteiger partial charge < -0.3 is 4.74 Å². The van der Waals surface area contributed by atoms with Gasteiger partial charge in [0, 0.05) is 5.25 Å². The van der Waals surface area contributed by atoms with Crippen molar-refractivity contribution in [3.63, 3.8) is 0 Å². The molecule has 222 valence electrons. The van der Waals surface area contributed by atoms with Gasteiger partial charge in [-0.25, -0.2) is 0 Å². The highest BCUT2D eigenvalue weighted by atomic mass is 32.2. The van der Waals surface area contributed by atoms with Gasteiger partial charge in [0.15, 0.2) is 6.10 Å². The molecule has 0 saturated heterocycles. The van der Waals surface area contributed by atoms with Crippen LogP contribution in [0.1, 0.15) is 119 Å². The van der Waals surface area contributed by atoms with Gasteiger partial charge in [-0.3, -0.25) is 4.79 Å². The third kappa shape index (κ3) is 5.97. The number of benzene rings is 1.